The normalized spacial score (nSPS) is 15.7. The number of nitrogens with zero attached hydrogens (tertiary/aromatic N) is 6. The van der Waals surface area contributed by atoms with E-state index in [1.165, 1.54) is 47.3 Å². The average Bonchev–Trinajstić information content (AvgIpc) is 3.67. The van der Waals surface area contributed by atoms with Crippen molar-refractivity contribution in [1.29, 1.82) is 0 Å². The fourth-order valence-corrected chi connectivity index (χ4v) is 7.91. The molecule has 0 spiro atoms. The number of hydrogen-bond donors (Lipinski definition) is 0. The quantitative estimate of drug-likeness (QED) is 0.167. The monoisotopic (exact) mass is 656 g/mol. The van der Waals surface area contributed by atoms with Crippen LogP contribution in [0.15, 0.2) is 72.4 Å². The van der Waals surface area contributed by atoms with Gasteiger partial charge in [-0.25, -0.2) is 23.4 Å². The van der Waals surface area contributed by atoms with Crippen molar-refractivity contribution in [1.82, 2.24) is 23.8 Å². The molecule has 230 valence electrons. The molecule has 44 heavy (non-hydrogen) atoms. The van der Waals surface area contributed by atoms with Crippen LogP contribution in [-0.2, 0) is 36.3 Å². The van der Waals surface area contributed by atoms with Crippen molar-refractivity contribution >= 4 is 57.2 Å². The van der Waals surface area contributed by atoms with Crippen molar-refractivity contribution in [2.24, 2.45) is 0 Å². The summed E-state index contributed by atoms with van der Waals surface area (Å²) in [5, 5.41) is 0.393. The molecule has 1 fully saturated rings. The molecule has 1 atom stereocenters. The van der Waals surface area contributed by atoms with Gasteiger partial charge in [0.2, 0.25) is 12.4 Å². The van der Waals surface area contributed by atoms with Crippen LogP contribution in [0.1, 0.15) is 32.3 Å². The molecule has 14 heteroatoms. The molecule has 3 heterocycles. The molecule has 1 aliphatic rings. The van der Waals surface area contributed by atoms with E-state index in [1.54, 1.807) is 12.4 Å². The molecule has 5 rings (SSSR count). The van der Waals surface area contributed by atoms with Crippen molar-refractivity contribution in [3.8, 4) is 11.1 Å². The summed E-state index contributed by atoms with van der Waals surface area (Å²) in [6.07, 6.45) is 7.81. The van der Waals surface area contributed by atoms with Crippen molar-refractivity contribution in [2.75, 3.05) is 18.6 Å². The molecule has 1 aliphatic heterocycles. The number of carbonyl (C=O) groups excluding carboxylic acids is 2. The van der Waals surface area contributed by atoms with Gasteiger partial charge in [-0.1, -0.05) is 47.5 Å². The summed E-state index contributed by atoms with van der Waals surface area (Å²) >= 11 is 12.5. The summed E-state index contributed by atoms with van der Waals surface area (Å²) in [5.41, 5.74) is 2.01. The minimum Gasteiger partial charge on any atom is -0.468 e. The lowest BCUT2D eigenvalue weighted by Crippen LogP contribution is -2.43. The van der Waals surface area contributed by atoms with Crippen molar-refractivity contribution < 1.29 is 22.7 Å². The third-order valence-electron chi connectivity index (χ3n) is 7.50. The van der Waals surface area contributed by atoms with Gasteiger partial charge >= 0.3 is 5.97 Å². The number of imidazole rings is 1. The van der Waals surface area contributed by atoms with Gasteiger partial charge in [0.1, 0.15) is 12.4 Å². The average molecular weight is 658 g/mol. The largest absolute Gasteiger partial charge is 0.468 e. The van der Waals surface area contributed by atoms with E-state index in [9.17, 15) is 18.0 Å². The van der Waals surface area contributed by atoms with Gasteiger partial charge in [-0.3, -0.25) is 19.1 Å². The van der Waals surface area contributed by atoms with Crippen LogP contribution >= 0.6 is 23.2 Å². The number of carbonyl (C=O) groups is 2. The highest BCUT2D eigenvalue weighted by molar-refractivity contribution is 7.89. The maximum absolute atomic E-state index is 14.3. The van der Waals surface area contributed by atoms with E-state index in [2.05, 4.69) is 15.0 Å². The van der Waals surface area contributed by atoms with E-state index in [0.29, 0.717) is 31.4 Å². The summed E-state index contributed by atoms with van der Waals surface area (Å²) < 4.78 is 36.1. The molecule has 0 unspecified atom stereocenters. The number of anilines is 2. The summed E-state index contributed by atoms with van der Waals surface area (Å²) in [6.45, 7) is 3.84. The smallest absolute Gasteiger partial charge is 0.324 e. The van der Waals surface area contributed by atoms with Crippen LogP contribution < -0.4 is 4.90 Å². The SMILES string of the molecule is COC(=O)[C@@H]1CCCN1S(=O)(=O)c1cnc(N(C=O)c2cc(Cl)cc(Cl)c2)n1C(C)(C)Cc1ccc(-c2cncnc2)cc1. The Balaban J connectivity index is 1.62. The van der Waals surface area contributed by atoms with Gasteiger partial charge < -0.3 is 4.74 Å². The lowest BCUT2D eigenvalue weighted by molar-refractivity contribution is -0.144. The minimum atomic E-state index is -4.29. The molecule has 2 aromatic carbocycles. The van der Waals surface area contributed by atoms with Crippen molar-refractivity contribution in [3.63, 3.8) is 0 Å². The number of methoxy groups -OCH3 is 1. The molecule has 4 aromatic rings. The second-order valence-electron chi connectivity index (χ2n) is 10.9. The maximum Gasteiger partial charge on any atom is 0.324 e. The number of hydrogen-bond acceptors (Lipinski definition) is 8. The Kier molecular flexibility index (Phi) is 9.07. The molecule has 2 aromatic heterocycles. The standard InChI is InChI=1S/C30H30Cl2N6O5S/c1-30(2,14-20-6-8-21(9-7-20)22-15-33-18-34-16-22)38-27(44(41,42)37-10-4-5-26(37)28(40)43-3)17-35-29(38)36(19-39)25-12-23(31)11-24(32)13-25/h6-9,11-13,15-19,26H,4-5,10,14H2,1-3H3/t26-/m0/s1. The van der Waals surface area contributed by atoms with E-state index in [0.717, 1.165) is 21.0 Å². The zero-order chi connectivity index (χ0) is 31.6. The Bertz CT molecular complexity index is 1760. The van der Waals surface area contributed by atoms with Gasteiger partial charge in [0.05, 0.1) is 19.0 Å². The number of amides is 1. The highest BCUT2D eigenvalue weighted by atomic mass is 35.5. The zero-order valence-corrected chi connectivity index (χ0v) is 26.6. The molecule has 1 saturated heterocycles. The van der Waals surface area contributed by atoms with E-state index < -0.39 is 27.6 Å². The fourth-order valence-electron chi connectivity index (χ4n) is 5.51. The third kappa shape index (κ3) is 6.20. The number of ether oxygens (including phenoxy) is 1. The van der Waals surface area contributed by atoms with Gasteiger partial charge in [-0.05, 0) is 62.4 Å². The molecular weight excluding hydrogens is 627 g/mol. The number of benzene rings is 2. The molecule has 0 bridgehead atoms. The topological polar surface area (TPSA) is 128 Å². The molecule has 11 nitrogen and oxygen atoms in total. The number of aromatic nitrogens is 4. The van der Waals surface area contributed by atoms with Gasteiger partial charge in [-0.2, -0.15) is 4.31 Å². The zero-order valence-electron chi connectivity index (χ0n) is 24.2. The van der Waals surface area contributed by atoms with E-state index in [-0.39, 0.29) is 27.6 Å². The number of rotatable bonds is 10. The van der Waals surface area contributed by atoms with Crippen LogP contribution in [-0.4, -0.2) is 64.3 Å². The molecule has 1 amide bonds. The Morgan fingerprint density at radius 2 is 1.73 bits per heavy atom. The van der Waals surface area contributed by atoms with Gasteiger partial charge in [0, 0.05) is 40.1 Å². The molecule has 0 aliphatic carbocycles. The predicted molar refractivity (Wildman–Crippen MR) is 166 cm³/mol. The fraction of sp³-hybridized carbons (Fsp3) is 0.300. The lowest BCUT2D eigenvalue weighted by Gasteiger charge is -2.33. The predicted octanol–water partition coefficient (Wildman–Crippen LogP) is 5.25. The first-order chi connectivity index (χ1) is 21.0. The summed E-state index contributed by atoms with van der Waals surface area (Å²) in [6, 6.07) is 11.4. The Hall–Kier alpha value is -3.84. The Morgan fingerprint density at radius 3 is 2.34 bits per heavy atom. The number of sulfonamides is 1. The van der Waals surface area contributed by atoms with Crippen LogP contribution in [0.5, 0.6) is 0 Å². The number of esters is 1. The van der Waals surface area contributed by atoms with Crippen LogP contribution in [0.25, 0.3) is 11.1 Å². The Labute approximate surface area is 265 Å². The molecule has 0 radical (unpaired) electrons. The van der Waals surface area contributed by atoms with Gasteiger partial charge in [0.15, 0.2) is 5.03 Å². The second-order valence-corrected chi connectivity index (χ2v) is 13.7. The summed E-state index contributed by atoms with van der Waals surface area (Å²) in [5.74, 6) is -0.600. The number of halogens is 2. The van der Waals surface area contributed by atoms with Crippen LogP contribution in [0.4, 0.5) is 11.6 Å². The second kappa shape index (κ2) is 12.6. The molecule has 0 saturated carbocycles. The maximum atomic E-state index is 14.3. The van der Waals surface area contributed by atoms with E-state index in [1.807, 2.05) is 38.1 Å². The first-order valence-corrected chi connectivity index (χ1v) is 15.9. The van der Waals surface area contributed by atoms with Crippen LogP contribution in [0.3, 0.4) is 0 Å². The first-order valence-electron chi connectivity index (χ1n) is 13.7. The third-order valence-corrected chi connectivity index (χ3v) is 9.80. The minimum absolute atomic E-state index is 0.0359. The lowest BCUT2D eigenvalue weighted by atomic mass is 9.93. The highest BCUT2D eigenvalue weighted by Crippen LogP contribution is 2.38. The van der Waals surface area contributed by atoms with Gasteiger partial charge in [0.25, 0.3) is 10.0 Å². The first kappa shape index (κ1) is 31.6. The Morgan fingerprint density at radius 1 is 1.07 bits per heavy atom. The molecular formula is C30H30Cl2N6O5S. The van der Waals surface area contributed by atoms with Crippen molar-refractivity contribution in [2.45, 2.75) is 49.7 Å². The summed E-state index contributed by atoms with van der Waals surface area (Å²) in [4.78, 5) is 38.9. The van der Waals surface area contributed by atoms with Crippen molar-refractivity contribution in [3.05, 3.63) is 83.0 Å². The van der Waals surface area contributed by atoms with Gasteiger partial charge in [-0.15, -0.1) is 0 Å². The van der Waals surface area contributed by atoms with E-state index in [4.69, 9.17) is 27.9 Å². The highest BCUT2D eigenvalue weighted by Gasteiger charge is 2.44. The summed E-state index contributed by atoms with van der Waals surface area (Å²) in [7, 11) is -3.06. The van der Waals surface area contributed by atoms with Crippen LogP contribution in [0.2, 0.25) is 10.0 Å². The van der Waals surface area contributed by atoms with Crippen LogP contribution in [0, 0.1) is 0 Å². The van der Waals surface area contributed by atoms with E-state index >= 15 is 0 Å². The molecule has 0 N–H and O–H groups in total.